The van der Waals surface area contributed by atoms with Gasteiger partial charge in [-0.1, -0.05) is 6.42 Å². The highest BCUT2D eigenvalue weighted by atomic mass is 16.4. The van der Waals surface area contributed by atoms with Crippen LogP contribution in [0.1, 0.15) is 31.2 Å². The van der Waals surface area contributed by atoms with Crippen LogP contribution in [0.25, 0.3) is 22.3 Å². The van der Waals surface area contributed by atoms with Crippen molar-refractivity contribution in [1.29, 1.82) is 0 Å². The van der Waals surface area contributed by atoms with Gasteiger partial charge in [0.2, 0.25) is 5.95 Å². The summed E-state index contributed by atoms with van der Waals surface area (Å²) in [6, 6.07) is 4.01. The molecule has 134 valence electrons. The largest absolute Gasteiger partial charge is 0.481 e. The minimum atomic E-state index is -0.715. The number of aryl methyl sites for hydroxylation is 1. The van der Waals surface area contributed by atoms with Crippen molar-refractivity contribution in [3.8, 4) is 11.3 Å². The lowest BCUT2D eigenvalue weighted by atomic mass is 9.86. The van der Waals surface area contributed by atoms with Crippen molar-refractivity contribution < 1.29 is 9.90 Å². The Hall–Kier alpha value is -2.96. The zero-order chi connectivity index (χ0) is 18.1. The molecule has 3 aromatic heterocycles. The molecule has 0 aromatic carbocycles. The molecule has 7 nitrogen and oxygen atoms in total. The molecule has 4 rings (SSSR count). The fourth-order valence-electron chi connectivity index (χ4n) is 3.66. The Morgan fingerprint density at radius 2 is 2.23 bits per heavy atom. The van der Waals surface area contributed by atoms with Crippen LogP contribution >= 0.6 is 0 Å². The third-order valence-electron chi connectivity index (χ3n) is 5.03. The third-order valence-corrected chi connectivity index (χ3v) is 5.03. The molecule has 3 aromatic rings. The number of aliphatic carboxylic acids is 1. The van der Waals surface area contributed by atoms with Gasteiger partial charge >= 0.3 is 5.97 Å². The van der Waals surface area contributed by atoms with E-state index < -0.39 is 5.97 Å². The lowest BCUT2D eigenvalue weighted by molar-refractivity contribution is -0.142. The minimum Gasteiger partial charge on any atom is -0.481 e. The predicted molar refractivity (Wildman–Crippen MR) is 98.9 cm³/mol. The van der Waals surface area contributed by atoms with E-state index in [1.165, 1.54) is 0 Å². The first-order valence-corrected chi connectivity index (χ1v) is 8.87. The van der Waals surface area contributed by atoms with Gasteiger partial charge in [0.25, 0.3) is 0 Å². The van der Waals surface area contributed by atoms with E-state index in [9.17, 15) is 9.90 Å². The van der Waals surface area contributed by atoms with E-state index in [1.807, 2.05) is 25.3 Å². The monoisotopic (exact) mass is 351 g/mol. The average molecular weight is 351 g/mol. The molecule has 0 aliphatic heterocycles. The van der Waals surface area contributed by atoms with Crippen molar-refractivity contribution in [2.45, 2.75) is 38.6 Å². The van der Waals surface area contributed by atoms with E-state index in [0.29, 0.717) is 12.4 Å². The molecule has 26 heavy (non-hydrogen) atoms. The van der Waals surface area contributed by atoms with Gasteiger partial charge in [0, 0.05) is 35.6 Å². The van der Waals surface area contributed by atoms with Crippen LogP contribution < -0.4 is 5.32 Å². The Kier molecular flexibility index (Phi) is 4.28. The van der Waals surface area contributed by atoms with Crippen molar-refractivity contribution in [1.82, 2.24) is 19.9 Å². The number of anilines is 1. The Bertz CT molecular complexity index is 952. The maximum Gasteiger partial charge on any atom is 0.306 e. The summed E-state index contributed by atoms with van der Waals surface area (Å²) in [5.41, 5.74) is 3.65. The van der Waals surface area contributed by atoms with Gasteiger partial charge in [-0.3, -0.25) is 4.79 Å². The van der Waals surface area contributed by atoms with Gasteiger partial charge in [0.15, 0.2) is 0 Å². The molecule has 1 saturated carbocycles. The first-order valence-electron chi connectivity index (χ1n) is 8.87. The van der Waals surface area contributed by atoms with Crippen LogP contribution in [0.4, 0.5) is 5.95 Å². The molecule has 3 N–H and O–H groups in total. The van der Waals surface area contributed by atoms with Gasteiger partial charge in [0.05, 0.1) is 11.6 Å². The van der Waals surface area contributed by atoms with Crippen LogP contribution in [-0.2, 0) is 4.79 Å². The topological polar surface area (TPSA) is 104 Å². The second-order valence-electron chi connectivity index (χ2n) is 6.87. The lowest BCUT2D eigenvalue weighted by Gasteiger charge is -2.27. The molecular formula is C19H21N5O2. The number of rotatable bonds is 4. The Morgan fingerprint density at radius 3 is 3.08 bits per heavy atom. The van der Waals surface area contributed by atoms with Crippen LogP contribution in [0.15, 0.2) is 30.7 Å². The minimum absolute atomic E-state index is 0.0880. The molecular weight excluding hydrogens is 330 g/mol. The van der Waals surface area contributed by atoms with Crippen LogP contribution in [-0.4, -0.2) is 37.1 Å². The zero-order valence-corrected chi connectivity index (χ0v) is 14.6. The van der Waals surface area contributed by atoms with E-state index in [0.717, 1.165) is 47.1 Å². The number of H-pyrrole nitrogens is 1. The normalized spacial score (nSPS) is 20.2. The SMILES string of the molecule is Cc1cnc(NC2CCC[C@@H](C(=O)O)C2)nc1-c1c[nH]c2ncccc12. The number of hydrogen-bond acceptors (Lipinski definition) is 5. The summed E-state index contributed by atoms with van der Waals surface area (Å²) in [6.45, 7) is 1.98. The number of hydrogen-bond donors (Lipinski definition) is 3. The second kappa shape index (κ2) is 6.74. The van der Waals surface area contributed by atoms with Gasteiger partial charge in [-0.25, -0.2) is 15.0 Å². The van der Waals surface area contributed by atoms with Crippen molar-refractivity contribution in [3.63, 3.8) is 0 Å². The molecule has 2 atom stereocenters. The number of nitrogens with zero attached hydrogens (tertiary/aromatic N) is 3. The molecule has 0 amide bonds. The van der Waals surface area contributed by atoms with Gasteiger partial charge in [-0.15, -0.1) is 0 Å². The molecule has 1 aliphatic carbocycles. The summed E-state index contributed by atoms with van der Waals surface area (Å²) in [5.74, 6) is -0.459. The van der Waals surface area contributed by atoms with Gasteiger partial charge < -0.3 is 15.4 Å². The summed E-state index contributed by atoms with van der Waals surface area (Å²) < 4.78 is 0. The summed E-state index contributed by atoms with van der Waals surface area (Å²) in [4.78, 5) is 27.9. The van der Waals surface area contributed by atoms with Gasteiger partial charge in [0.1, 0.15) is 5.65 Å². The zero-order valence-electron chi connectivity index (χ0n) is 14.6. The maximum atomic E-state index is 11.3. The van der Waals surface area contributed by atoms with Crippen LogP contribution in [0.5, 0.6) is 0 Å². The third kappa shape index (κ3) is 3.12. The fraction of sp³-hybridized carbons (Fsp3) is 0.368. The molecule has 0 radical (unpaired) electrons. The number of carboxylic acids is 1. The second-order valence-corrected chi connectivity index (χ2v) is 6.87. The van der Waals surface area contributed by atoms with E-state index in [4.69, 9.17) is 4.98 Å². The molecule has 0 spiro atoms. The summed E-state index contributed by atoms with van der Waals surface area (Å²) >= 11 is 0. The molecule has 1 fully saturated rings. The fourth-order valence-corrected chi connectivity index (χ4v) is 3.66. The maximum absolute atomic E-state index is 11.3. The quantitative estimate of drug-likeness (QED) is 0.666. The van der Waals surface area contributed by atoms with Gasteiger partial charge in [-0.05, 0) is 43.9 Å². The van der Waals surface area contributed by atoms with Crippen molar-refractivity contribution >= 4 is 23.0 Å². The summed E-state index contributed by atoms with van der Waals surface area (Å²) in [6.07, 6.45) is 8.67. The molecule has 1 unspecified atom stereocenters. The van der Waals surface area contributed by atoms with E-state index >= 15 is 0 Å². The number of nitrogens with one attached hydrogen (secondary N) is 2. The van der Waals surface area contributed by atoms with Gasteiger partial charge in [-0.2, -0.15) is 0 Å². The highest BCUT2D eigenvalue weighted by molar-refractivity contribution is 5.93. The van der Waals surface area contributed by atoms with Crippen LogP contribution in [0.3, 0.4) is 0 Å². The smallest absolute Gasteiger partial charge is 0.306 e. The first kappa shape index (κ1) is 16.5. The predicted octanol–water partition coefficient (Wildman–Crippen LogP) is 3.38. The number of fused-ring (bicyclic) bond motifs is 1. The van der Waals surface area contributed by atoms with E-state index in [-0.39, 0.29) is 12.0 Å². The number of pyridine rings is 1. The highest BCUT2D eigenvalue weighted by Crippen LogP contribution is 2.30. The Labute approximate surface area is 150 Å². The molecule has 7 heteroatoms. The van der Waals surface area contributed by atoms with Crippen molar-refractivity contribution in [2.75, 3.05) is 5.32 Å². The number of aromatic nitrogens is 4. The number of carbonyl (C=O) groups is 1. The standard InChI is InChI=1S/C19H21N5O2/c1-11-9-22-19(23-13-5-2-4-12(8-13)18(25)26)24-16(11)15-10-21-17-14(15)6-3-7-20-17/h3,6-7,9-10,12-13H,2,4-5,8H2,1H3,(H,20,21)(H,25,26)(H,22,23,24)/t12-,13?/m1/s1. The Balaban J connectivity index is 1.61. The summed E-state index contributed by atoms with van der Waals surface area (Å²) in [5, 5.41) is 13.6. The first-order chi connectivity index (χ1) is 12.6. The highest BCUT2D eigenvalue weighted by Gasteiger charge is 2.27. The number of carboxylic acid groups (broad SMARTS) is 1. The molecule has 3 heterocycles. The van der Waals surface area contributed by atoms with Crippen molar-refractivity contribution in [2.24, 2.45) is 5.92 Å². The molecule has 0 saturated heterocycles. The molecule has 1 aliphatic rings. The van der Waals surface area contributed by atoms with Crippen LogP contribution in [0, 0.1) is 12.8 Å². The lowest BCUT2D eigenvalue weighted by Crippen LogP contribution is -2.31. The number of aromatic amines is 1. The van der Waals surface area contributed by atoms with Crippen molar-refractivity contribution in [3.05, 3.63) is 36.3 Å². The summed E-state index contributed by atoms with van der Waals surface area (Å²) in [7, 11) is 0. The Morgan fingerprint density at radius 1 is 1.35 bits per heavy atom. The van der Waals surface area contributed by atoms with E-state index in [1.54, 1.807) is 12.4 Å². The average Bonchev–Trinajstić information content (AvgIpc) is 3.07. The molecule has 0 bridgehead atoms. The van der Waals surface area contributed by atoms with Crippen LogP contribution in [0.2, 0.25) is 0 Å². The van der Waals surface area contributed by atoms with E-state index in [2.05, 4.69) is 20.3 Å².